The molecule has 4 rings (SSSR count). The number of nitriles is 1. The topological polar surface area (TPSA) is 98.1 Å². The van der Waals surface area contributed by atoms with Crippen LogP contribution in [0, 0.1) is 11.3 Å². The normalized spacial score (nSPS) is 15.7. The Morgan fingerprint density at radius 3 is 2.29 bits per heavy atom. The smallest absolute Gasteiger partial charge is 0.338 e. The Kier molecular flexibility index (Phi) is 7.55. The second-order valence-electron chi connectivity index (χ2n) is 7.58. The van der Waals surface area contributed by atoms with Gasteiger partial charge in [-0.25, -0.2) is 4.79 Å². The molecule has 0 saturated heterocycles. The molecule has 178 valence electrons. The van der Waals surface area contributed by atoms with Crippen molar-refractivity contribution in [1.29, 1.82) is 5.26 Å². The van der Waals surface area contributed by atoms with Gasteiger partial charge in [-0.1, -0.05) is 24.3 Å². The van der Waals surface area contributed by atoms with E-state index in [4.69, 9.17) is 10.5 Å². The molecule has 3 aromatic rings. The van der Waals surface area contributed by atoms with Crippen LogP contribution in [0.4, 0.5) is 0 Å². The molecule has 0 bridgehead atoms. The fourth-order valence-electron chi connectivity index (χ4n) is 3.93. The van der Waals surface area contributed by atoms with Crippen LogP contribution < -0.4 is 20.5 Å². The highest BCUT2D eigenvalue weighted by molar-refractivity contribution is 7.98. The van der Waals surface area contributed by atoms with Crippen LogP contribution >= 0.6 is 34.9 Å². The molecule has 0 aliphatic carbocycles. The van der Waals surface area contributed by atoms with Gasteiger partial charge in [0.25, 0.3) is 5.56 Å². The number of allylic oxidation sites excluding steroid dienone is 1. The Morgan fingerprint density at radius 2 is 1.74 bits per heavy atom. The quantitative estimate of drug-likeness (QED) is 0.392. The van der Waals surface area contributed by atoms with E-state index >= 15 is 0 Å². The van der Waals surface area contributed by atoms with Crippen LogP contribution in [0.15, 0.2) is 68.7 Å². The second-order valence-corrected chi connectivity index (χ2v) is 10.4. The van der Waals surface area contributed by atoms with Crippen LogP contribution in [0.1, 0.15) is 24.0 Å². The molecule has 2 heterocycles. The Bertz CT molecular complexity index is 1530. The Balaban J connectivity index is 2.03. The average molecular weight is 522 g/mol. The molecular formula is C26H23N3O3S3. The molecule has 1 aliphatic rings. The Labute approximate surface area is 215 Å². The third-order valence-corrected chi connectivity index (χ3v) is 8.22. The van der Waals surface area contributed by atoms with Gasteiger partial charge in [0.2, 0.25) is 0 Å². The summed E-state index contributed by atoms with van der Waals surface area (Å²) in [6, 6.07) is 17.6. The monoisotopic (exact) mass is 521 g/mol. The molecule has 1 unspecified atom stereocenters. The van der Waals surface area contributed by atoms with E-state index in [2.05, 4.69) is 6.07 Å². The fraction of sp³-hybridized carbons (Fsp3) is 0.192. The third kappa shape index (κ3) is 4.69. The number of rotatable bonds is 6. The van der Waals surface area contributed by atoms with Crippen molar-refractivity contribution in [2.45, 2.75) is 22.6 Å². The Hall–Kier alpha value is -3.19. The van der Waals surface area contributed by atoms with E-state index in [1.54, 1.807) is 36.5 Å². The van der Waals surface area contributed by atoms with Gasteiger partial charge in [0.15, 0.2) is 0 Å². The van der Waals surface area contributed by atoms with E-state index in [1.807, 2.05) is 61.0 Å². The van der Waals surface area contributed by atoms with Gasteiger partial charge >= 0.3 is 5.97 Å². The number of carbonyl (C=O) groups excluding carboxylic acids is 1. The van der Waals surface area contributed by atoms with Gasteiger partial charge in [-0.15, -0.1) is 34.9 Å². The lowest BCUT2D eigenvalue weighted by Gasteiger charge is -2.24. The maximum atomic E-state index is 13.4. The van der Waals surface area contributed by atoms with Crippen LogP contribution in [0.2, 0.25) is 0 Å². The maximum Gasteiger partial charge on any atom is 0.338 e. The molecule has 9 heteroatoms. The van der Waals surface area contributed by atoms with Crippen molar-refractivity contribution in [3.8, 4) is 6.07 Å². The van der Waals surface area contributed by atoms with Gasteiger partial charge in [-0.05, 0) is 60.9 Å². The summed E-state index contributed by atoms with van der Waals surface area (Å²) in [5.41, 5.74) is 8.01. The summed E-state index contributed by atoms with van der Waals surface area (Å²) < 4.78 is 7.45. The minimum absolute atomic E-state index is 0.0353. The minimum atomic E-state index is -0.735. The summed E-state index contributed by atoms with van der Waals surface area (Å²) in [4.78, 5) is 28.8. The molecule has 0 amide bonds. The van der Waals surface area contributed by atoms with E-state index in [0.717, 1.165) is 20.9 Å². The fourth-order valence-corrected chi connectivity index (χ4v) is 5.92. The van der Waals surface area contributed by atoms with Crippen LogP contribution in [0.25, 0.3) is 17.5 Å². The van der Waals surface area contributed by atoms with Crippen molar-refractivity contribution in [3.63, 3.8) is 0 Å². The van der Waals surface area contributed by atoms with Crippen molar-refractivity contribution in [1.82, 2.24) is 4.57 Å². The summed E-state index contributed by atoms with van der Waals surface area (Å²) in [5.74, 6) is -1.27. The first-order valence-corrected chi connectivity index (χ1v) is 14.0. The average Bonchev–Trinajstić information content (AvgIpc) is 3.20. The van der Waals surface area contributed by atoms with Crippen LogP contribution in [0.3, 0.4) is 0 Å². The minimum Gasteiger partial charge on any atom is -0.463 e. The van der Waals surface area contributed by atoms with Gasteiger partial charge in [-0.3, -0.25) is 9.36 Å². The summed E-state index contributed by atoms with van der Waals surface area (Å²) >= 11 is 4.40. The molecule has 0 fully saturated rings. The van der Waals surface area contributed by atoms with E-state index in [0.29, 0.717) is 9.20 Å². The summed E-state index contributed by atoms with van der Waals surface area (Å²) in [6.07, 6.45) is 5.74. The highest BCUT2D eigenvalue weighted by Gasteiger charge is 2.36. The van der Waals surface area contributed by atoms with Crippen molar-refractivity contribution < 1.29 is 9.53 Å². The van der Waals surface area contributed by atoms with Crippen LogP contribution in [-0.2, 0) is 9.53 Å². The van der Waals surface area contributed by atoms with Gasteiger partial charge in [-0.2, -0.15) is 5.26 Å². The molecule has 0 spiro atoms. The number of carbonyl (C=O) groups is 1. The zero-order valence-electron chi connectivity index (χ0n) is 19.4. The zero-order valence-corrected chi connectivity index (χ0v) is 21.9. The first kappa shape index (κ1) is 24.9. The number of thiazole rings is 1. The number of nitrogens with two attached hydrogens (primary N) is 1. The number of esters is 1. The lowest BCUT2D eigenvalue weighted by molar-refractivity contribution is -0.136. The van der Waals surface area contributed by atoms with Crippen molar-refractivity contribution in [2.24, 2.45) is 5.73 Å². The van der Waals surface area contributed by atoms with Crippen molar-refractivity contribution in [2.75, 3.05) is 19.1 Å². The molecule has 0 radical (unpaired) electrons. The van der Waals surface area contributed by atoms with E-state index in [9.17, 15) is 14.9 Å². The van der Waals surface area contributed by atoms with E-state index in [1.165, 1.54) is 15.9 Å². The molecule has 6 nitrogen and oxygen atoms in total. The van der Waals surface area contributed by atoms with Crippen LogP contribution in [-0.4, -0.2) is 29.7 Å². The molecule has 0 saturated carbocycles. The highest BCUT2D eigenvalue weighted by atomic mass is 32.2. The molecule has 1 aliphatic heterocycles. The third-order valence-electron chi connectivity index (χ3n) is 5.63. The SMILES string of the molecule is CCOC(=O)C1=c2s/c(=C/c3ccc(SC)cc3)c(=O)n2C(N)=C(C#N)C1c1ccc(SC)cc1. The van der Waals surface area contributed by atoms with Gasteiger partial charge < -0.3 is 10.5 Å². The molecule has 1 atom stereocenters. The number of ether oxygens (including phenoxy) is 1. The summed E-state index contributed by atoms with van der Waals surface area (Å²) in [5, 5.41) is 10.1. The second kappa shape index (κ2) is 10.6. The van der Waals surface area contributed by atoms with Crippen LogP contribution in [0.5, 0.6) is 0 Å². The molecule has 35 heavy (non-hydrogen) atoms. The first-order valence-electron chi connectivity index (χ1n) is 10.8. The summed E-state index contributed by atoms with van der Waals surface area (Å²) in [7, 11) is 0. The van der Waals surface area contributed by atoms with Gasteiger partial charge in [0.05, 0.1) is 34.3 Å². The predicted molar refractivity (Wildman–Crippen MR) is 144 cm³/mol. The first-order chi connectivity index (χ1) is 16.9. The number of benzene rings is 2. The molecular weight excluding hydrogens is 499 g/mol. The van der Waals surface area contributed by atoms with E-state index < -0.39 is 11.9 Å². The number of nitrogens with zero attached hydrogens (tertiary/aromatic N) is 2. The molecule has 2 N–H and O–H groups in total. The number of hydrogen-bond acceptors (Lipinski definition) is 8. The predicted octanol–water partition coefficient (Wildman–Crippen LogP) is 3.34. The highest BCUT2D eigenvalue weighted by Crippen LogP contribution is 2.37. The Morgan fingerprint density at radius 1 is 1.14 bits per heavy atom. The number of aromatic nitrogens is 1. The van der Waals surface area contributed by atoms with Crippen molar-refractivity contribution >= 4 is 58.3 Å². The lowest BCUT2D eigenvalue weighted by atomic mass is 9.84. The summed E-state index contributed by atoms with van der Waals surface area (Å²) in [6.45, 7) is 1.88. The number of fused-ring (bicyclic) bond motifs is 1. The van der Waals surface area contributed by atoms with Gasteiger partial charge in [0.1, 0.15) is 10.5 Å². The largest absolute Gasteiger partial charge is 0.463 e. The zero-order chi connectivity index (χ0) is 25.1. The maximum absolute atomic E-state index is 13.4. The van der Waals surface area contributed by atoms with Gasteiger partial charge in [0, 0.05) is 9.79 Å². The van der Waals surface area contributed by atoms with E-state index in [-0.39, 0.29) is 29.1 Å². The standard InChI is InChI=1S/C26H23N3O3S3/c1-4-32-26(31)22-21(16-7-11-18(34-3)12-8-16)19(14-27)23(28)29-24(30)20(35-25(22)29)13-15-5-9-17(33-2)10-6-15/h5-13,21H,4,28H2,1-3H3/b20-13+. The molecule has 2 aromatic carbocycles. The van der Waals surface area contributed by atoms with Crippen molar-refractivity contribution in [3.05, 3.63) is 84.8 Å². The number of thioether (sulfide) groups is 2. The molecule has 1 aromatic heterocycles. The lowest BCUT2D eigenvalue weighted by Crippen LogP contribution is -2.40. The number of hydrogen-bond donors (Lipinski definition) is 1.